The molecule has 0 bridgehead atoms. The lowest BCUT2D eigenvalue weighted by atomic mass is 9.98. The van der Waals surface area contributed by atoms with Crippen LogP contribution in [-0.4, -0.2) is 16.9 Å². The van der Waals surface area contributed by atoms with E-state index in [0.717, 1.165) is 22.0 Å². The highest BCUT2D eigenvalue weighted by atomic mass is 19.4. The van der Waals surface area contributed by atoms with Crippen molar-refractivity contribution in [2.24, 2.45) is 0 Å². The summed E-state index contributed by atoms with van der Waals surface area (Å²) in [5, 5.41) is 0.987. The van der Waals surface area contributed by atoms with Crippen LogP contribution in [0.1, 0.15) is 10.4 Å². The summed E-state index contributed by atoms with van der Waals surface area (Å²) in [6, 6.07) is 24.8. The van der Waals surface area contributed by atoms with Gasteiger partial charge in [-0.2, -0.15) is 13.2 Å². The van der Waals surface area contributed by atoms with Crippen molar-refractivity contribution in [2.45, 2.75) is 6.18 Å². The van der Waals surface area contributed by atoms with Gasteiger partial charge in [0.05, 0.1) is 11.2 Å². The molecule has 0 saturated carbocycles. The number of Topliss-reactive ketones (excluding diaryl/α,β-unsaturated/α-hetero) is 1. The normalized spacial score (nSPS) is 11.5. The molecule has 3 aromatic carbocycles. The van der Waals surface area contributed by atoms with Gasteiger partial charge in [-0.25, -0.2) is 4.98 Å². The summed E-state index contributed by atoms with van der Waals surface area (Å²) >= 11 is 0. The lowest BCUT2D eigenvalue weighted by molar-refractivity contribution is -0.0885. The maximum Gasteiger partial charge on any atom is 0.454 e. The van der Waals surface area contributed by atoms with E-state index in [1.165, 1.54) is 24.3 Å². The lowest BCUT2D eigenvalue weighted by Gasteiger charge is -2.11. The molecule has 0 N–H and O–H groups in total. The van der Waals surface area contributed by atoms with Crippen LogP contribution in [0.4, 0.5) is 13.2 Å². The van der Waals surface area contributed by atoms with Crippen molar-refractivity contribution in [3.63, 3.8) is 0 Å². The van der Waals surface area contributed by atoms with E-state index in [4.69, 9.17) is 0 Å². The number of fused-ring (bicyclic) bond motifs is 1. The molecular formula is C23H14F3NO. The Balaban J connectivity index is 1.83. The molecule has 0 aliphatic rings. The first-order chi connectivity index (χ1) is 13.4. The fourth-order valence-electron chi connectivity index (χ4n) is 3.14. The van der Waals surface area contributed by atoms with E-state index < -0.39 is 12.0 Å². The second-order valence-electron chi connectivity index (χ2n) is 6.34. The molecule has 0 unspecified atom stereocenters. The molecule has 0 aliphatic heterocycles. The first kappa shape index (κ1) is 17.9. The molecule has 0 radical (unpaired) electrons. The summed E-state index contributed by atoms with van der Waals surface area (Å²) in [5.41, 5.74) is 3.67. The SMILES string of the molecule is O=C(c1ccc(-c2cc(-c3ccccc3)c3ccccc3n2)cc1)C(F)(F)F. The molecule has 0 amide bonds. The van der Waals surface area contributed by atoms with Crippen LogP contribution in [-0.2, 0) is 0 Å². The first-order valence-electron chi connectivity index (χ1n) is 8.61. The number of alkyl halides is 3. The van der Waals surface area contributed by atoms with E-state index in [9.17, 15) is 18.0 Å². The highest BCUT2D eigenvalue weighted by molar-refractivity contribution is 6.01. The Morgan fingerprint density at radius 3 is 2.07 bits per heavy atom. The third kappa shape index (κ3) is 3.39. The second kappa shape index (κ2) is 6.93. The molecule has 0 spiro atoms. The van der Waals surface area contributed by atoms with Gasteiger partial charge in [-0.05, 0) is 23.3 Å². The van der Waals surface area contributed by atoms with Crippen LogP contribution in [0.3, 0.4) is 0 Å². The van der Waals surface area contributed by atoms with Crippen LogP contribution < -0.4 is 0 Å². The number of rotatable bonds is 3. The second-order valence-corrected chi connectivity index (χ2v) is 6.34. The molecule has 1 heterocycles. The quantitative estimate of drug-likeness (QED) is 0.391. The Morgan fingerprint density at radius 2 is 1.39 bits per heavy atom. The van der Waals surface area contributed by atoms with Crippen LogP contribution in [0.5, 0.6) is 0 Å². The van der Waals surface area contributed by atoms with Crippen molar-refractivity contribution in [2.75, 3.05) is 0 Å². The number of hydrogen-bond donors (Lipinski definition) is 0. The van der Waals surface area contributed by atoms with Gasteiger partial charge in [-0.1, -0.05) is 72.8 Å². The minimum Gasteiger partial charge on any atom is -0.284 e. The molecular weight excluding hydrogens is 363 g/mol. The highest BCUT2D eigenvalue weighted by Crippen LogP contribution is 2.32. The first-order valence-corrected chi connectivity index (χ1v) is 8.61. The number of halogens is 3. The zero-order valence-corrected chi connectivity index (χ0v) is 14.6. The number of ketones is 1. The van der Waals surface area contributed by atoms with E-state index in [0.29, 0.717) is 11.3 Å². The number of para-hydroxylation sites is 1. The van der Waals surface area contributed by atoms with Gasteiger partial charge in [0.15, 0.2) is 0 Å². The number of aromatic nitrogens is 1. The summed E-state index contributed by atoms with van der Waals surface area (Å²) in [6.45, 7) is 0. The molecule has 4 aromatic rings. The molecule has 2 nitrogen and oxygen atoms in total. The number of hydrogen-bond acceptors (Lipinski definition) is 2. The number of pyridine rings is 1. The van der Waals surface area contributed by atoms with E-state index in [1.54, 1.807) is 0 Å². The van der Waals surface area contributed by atoms with Crippen LogP contribution in [0.25, 0.3) is 33.3 Å². The summed E-state index contributed by atoms with van der Waals surface area (Å²) in [7, 11) is 0. The number of carbonyl (C=O) groups excluding carboxylic acids is 1. The molecule has 4 rings (SSSR count). The molecule has 28 heavy (non-hydrogen) atoms. The Hall–Kier alpha value is -3.47. The van der Waals surface area contributed by atoms with Gasteiger partial charge in [-0.15, -0.1) is 0 Å². The van der Waals surface area contributed by atoms with E-state index >= 15 is 0 Å². The molecule has 0 fully saturated rings. The summed E-state index contributed by atoms with van der Waals surface area (Å²) < 4.78 is 37.8. The number of nitrogens with zero attached hydrogens (tertiary/aromatic N) is 1. The van der Waals surface area contributed by atoms with E-state index in [1.807, 2.05) is 60.7 Å². The maximum absolute atomic E-state index is 12.6. The predicted molar refractivity (Wildman–Crippen MR) is 103 cm³/mol. The van der Waals surface area contributed by atoms with Crippen molar-refractivity contribution in [3.05, 3.63) is 90.5 Å². The molecule has 138 valence electrons. The lowest BCUT2D eigenvalue weighted by Crippen LogP contribution is -2.22. The molecule has 5 heteroatoms. The van der Waals surface area contributed by atoms with Gasteiger partial charge in [-0.3, -0.25) is 4.79 Å². The van der Waals surface area contributed by atoms with E-state index in [2.05, 4.69) is 4.98 Å². The summed E-state index contributed by atoms with van der Waals surface area (Å²) in [4.78, 5) is 16.0. The van der Waals surface area contributed by atoms with Gasteiger partial charge in [0.25, 0.3) is 5.78 Å². The number of carbonyl (C=O) groups is 1. The Bertz CT molecular complexity index is 1150. The molecule has 0 aliphatic carbocycles. The van der Waals surface area contributed by atoms with Crippen molar-refractivity contribution in [3.8, 4) is 22.4 Å². The van der Waals surface area contributed by atoms with E-state index in [-0.39, 0.29) is 5.56 Å². The van der Waals surface area contributed by atoms with Gasteiger partial charge < -0.3 is 0 Å². The van der Waals surface area contributed by atoms with Gasteiger partial charge in [0.2, 0.25) is 0 Å². The van der Waals surface area contributed by atoms with Crippen LogP contribution in [0.2, 0.25) is 0 Å². The third-order valence-corrected chi connectivity index (χ3v) is 4.50. The molecule has 0 saturated heterocycles. The maximum atomic E-state index is 12.6. The van der Waals surface area contributed by atoms with Crippen molar-refractivity contribution in [1.82, 2.24) is 4.98 Å². The zero-order chi connectivity index (χ0) is 19.7. The van der Waals surface area contributed by atoms with Gasteiger partial charge in [0.1, 0.15) is 0 Å². The third-order valence-electron chi connectivity index (χ3n) is 4.50. The Labute approximate surface area is 159 Å². The summed E-state index contributed by atoms with van der Waals surface area (Å²) in [6.07, 6.45) is -4.89. The average Bonchev–Trinajstić information content (AvgIpc) is 2.72. The molecule has 0 atom stereocenters. The average molecular weight is 377 g/mol. The monoisotopic (exact) mass is 377 g/mol. The van der Waals surface area contributed by atoms with Gasteiger partial charge >= 0.3 is 6.18 Å². The zero-order valence-electron chi connectivity index (χ0n) is 14.6. The van der Waals surface area contributed by atoms with Gasteiger partial charge in [0, 0.05) is 16.5 Å². The fraction of sp³-hybridized carbons (Fsp3) is 0.0435. The smallest absolute Gasteiger partial charge is 0.284 e. The molecule has 1 aromatic heterocycles. The van der Waals surface area contributed by atoms with Crippen molar-refractivity contribution in [1.29, 1.82) is 0 Å². The topological polar surface area (TPSA) is 30.0 Å². The van der Waals surface area contributed by atoms with Crippen molar-refractivity contribution < 1.29 is 18.0 Å². The van der Waals surface area contributed by atoms with Crippen molar-refractivity contribution >= 4 is 16.7 Å². The standard InChI is InChI=1S/C23H14F3NO/c24-23(25,26)22(28)17-12-10-16(11-13-17)21-14-19(15-6-2-1-3-7-15)18-8-4-5-9-20(18)27-21/h1-14H. The highest BCUT2D eigenvalue weighted by Gasteiger charge is 2.39. The fourth-order valence-corrected chi connectivity index (χ4v) is 3.14. The Morgan fingerprint density at radius 1 is 0.750 bits per heavy atom. The number of benzene rings is 3. The van der Waals surface area contributed by atoms with Crippen LogP contribution in [0.15, 0.2) is 84.9 Å². The van der Waals surface area contributed by atoms with Crippen LogP contribution >= 0.6 is 0 Å². The predicted octanol–water partition coefficient (Wildman–Crippen LogP) is 6.31. The summed E-state index contributed by atoms with van der Waals surface area (Å²) in [5.74, 6) is -1.85. The van der Waals surface area contributed by atoms with Crippen LogP contribution in [0, 0.1) is 0 Å². The minimum atomic E-state index is -4.89. The Kier molecular flexibility index (Phi) is 4.43. The largest absolute Gasteiger partial charge is 0.454 e. The minimum absolute atomic E-state index is 0.389.